The van der Waals surface area contributed by atoms with Gasteiger partial charge in [-0.25, -0.2) is 5.43 Å². The van der Waals surface area contributed by atoms with Crippen molar-refractivity contribution in [3.63, 3.8) is 0 Å². The summed E-state index contributed by atoms with van der Waals surface area (Å²) in [7, 11) is 0. The van der Waals surface area contributed by atoms with Gasteiger partial charge in [0.25, 0.3) is 5.91 Å². The van der Waals surface area contributed by atoms with Gasteiger partial charge in [-0.05, 0) is 52.9 Å². The molecule has 0 bridgehead atoms. The van der Waals surface area contributed by atoms with E-state index in [1.54, 1.807) is 6.21 Å². The first-order valence-electron chi connectivity index (χ1n) is 9.64. The van der Waals surface area contributed by atoms with Crippen LogP contribution in [0.5, 0.6) is 0 Å². The second-order valence-electron chi connectivity index (χ2n) is 7.18. The van der Waals surface area contributed by atoms with Crippen LogP contribution in [0.1, 0.15) is 32.6 Å². The Hall–Kier alpha value is -2.76. The summed E-state index contributed by atoms with van der Waals surface area (Å²) in [6, 6.07) is 24.1. The summed E-state index contributed by atoms with van der Waals surface area (Å²) in [5.41, 5.74) is 8.18. The van der Waals surface area contributed by atoms with E-state index in [4.69, 9.17) is 0 Å². The van der Waals surface area contributed by atoms with Gasteiger partial charge in [-0.15, -0.1) is 0 Å². The molecule has 0 unspecified atom stereocenters. The molecule has 1 aliphatic rings. The van der Waals surface area contributed by atoms with E-state index in [0.29, 0.717) is 5.56 Å². The Morgan fingerprint density at radius 2 is 1.83 bits per heavy atom. The first kappa shape index (κ1) is 19.6. The maximum Gasteiger partial charge on any atom is 0.271 e. The standard InChI is InChI=1S/C24H22BrN3O/c25-23-7-3-4-19(14-23)15-26-27-24(29)21-10-8-18(9-11-21)16-28-13-12-20-5-1-2-6-22(20)17-28/h1-11,14-15H,12-13,16-17H2,(H,27,29)/b26-15+. The molecule has 3 aromatic rings. The van der Waals surface area contributed by atoms with Crippen molar-refractivity contribution >= 4 is 28.1 Å². The molecule has 3 aromatic carbocycles. The topological polar surface area (TPSA) is 44.7 Å². The Balaban J connectivity index is 1.32. The van der Waals surface area contributed by atoms with Crippen molar-refractivity contribution < 1.29 is 4.79 Å². The average molecular weight is 448 g/mol. The fourth-order valence-electron chi connectivity index (χ4n) is 3.53. The molecule has 29 heavy (non-hydrogen) atoms. The van der Waals surface area contributed by atoms with Crippen LogP contribution in [0.4, 0.5) is 0 Å². The lowest BCUT2D eigenvalue weighted by Gasteiger charge is -2.28. The molecule has 0 atom stereocenters. The van der Waals surface area contributed by atoms with Gasteiger partial charge in [0.15, 0.2) is 0 Å². The van der Waals surface area contributed by atoms with Crippen LogP contribution >= 0.6 is 15.9 Å². The van der Waals surface area contributed by atoms with E-state index in [0.717, 1.165) is 36.1 Å². The minimum Gasteiger partial charge on any atom is -0.294 e. The lowest BCUT2D eigenvalue weighted by Crippen LogP contribution is -2.30. The largest absolute Gasteiger partial charge is 0.294 e. The lowest BCUT2D eigenvalue weighted by molar-refractivity contribution is 0.0955. The van der Waals surface area contributed by atoms with Crippen LogP contribution in [0.2, 0.25) is 0 Å². The number of hydrazone groups is 1. The summed E-state index contributed by atoms with van der Waals surface area (Å²) >= 11 is 3.42. The lowest BCUT2D eigenvalue weighted by atomic mass is 9.99. The van der Waals surface area contributed by atoms with Crippen LogP contribution in [0.3, 0.4) is 0 Å². The molecule has 0 aromatic heterocycles. The van der Waals surface area contributed by atoms with Crippen LogP contribution < -0.4 is 5.43 Å². The summed E-state index contributed by atoms with van der Waals surface area (Å²) < 4.78 is 0.973. The number of nitrogens with one attached hydrogen (secondary N) is 1. The Kier molecular flexibility index (Phi) is 6.17. The van der Waals surface area contributed by atoms with E-state index >= 15 is 0 Å². The highest BCUT2D eigenvalue weighted by Gasteiger charge is 2.15. The normalized spacial score (nSPS) is 14.0. The highest BCUT2D eigenvalue weighted by Crippen LogP contribution is 2.20. The van der Waals surface area contributed by atoms with E-state index in [2.05, 4.69) is 55.6 Å². The van der Waals surface area contributed by atoms with Crippen LogP contribution in [0, 0.1) is 0 Å². The molecule has 1 heterocycles. The van der Waals surface area contributed by atoms with Crippen molar-refractivity contribution in [3.05, 3.63) is 105 Å². The fraction of sp³-hybridized carbons (Fsp3) is 0.167. The van der Waals surface area contributed by atoms with E-state index in [9.17, 15) is 4.79 Å². The van der Waals surface area contributed by atoms with E-state index in [1.165, 1.54) is 16.7 Å². The number of carbonyl (C=O) groups is 1. The van der Waals surface area contributed by atoms with Crippen molar-refractivity contribution in [2.24, 2.45) is 5.10 Å². The monoisotopic (exact) mass is 447 g/mol. The summed E-state index contributed by atoms with van der Waals surface area (Å²) in [6.07, 6.45) is 2.72. The predicted molar refractivity (Wildman–Crippen MR) is 120 cm³/mol. The van der Waals surface area contributed by atoms with Crippen LogP contribution in [0.15, 0.2) is 82.4 Å². The van der Waals surface area contributed by atoms with Gasteiger partial charge < -0.3 is 0 Å². The molecule has 5 heteroatoms. The van der Waals surface area contributed by atoms with E-state index in [-0.39, 0.29) is 5.91 Å². The SMILES string of the molecule is O=C(N/N=C/c1cccc(Br)c1)c1ccc(CN2CCc3ccccc3C2)cc1. The van der Waals surface area contributed by atoms with Gasteiger partial charge in [0.05, 0.1) is 6.21 Å². The number of carbonyl (C=O) groups excluding carboxylic acids is 1. The Labute approximate surface area is 179 Å². The van der Waals surface area contributed by atoms with Gasteiger partial charge in [0.2, 0.25) is 0 Å². The molecule has 0 saturated carbocycles. The highest BCUT2D eigenvalue weighted by molar-refractivity contribution is 9.10. The molecule has 1 amide bonds. The van der Waals surface area contributed by atoms with Crippen molar-refractivity contribution in [3.8, 4) is 0 Å². The van der Waals surface area contributed by atoms with Gasteiger partial charge in [0.1, 0.15) is 0 Å². The summed E-state index contributed by atoms with van der Waals surface area (Å²) in [5.74, 6) is -0.213. The summed E-state index contributed by atoms with van der Waals surface area (Å²) in [4.78, 5) is 14.7. The van der Waals surface area contributed by atoms with Crippen molar-refractivity contribution in [2.45, 2.75) is 19.5 Å². The number of hydrogen-bond donors (Lipinski definition) is 1. The minimum absolute atomic E-state index is 0.213. The fourth-order valence-corrected chi connectivity index (χ4v) is 3.94. The molecule has 0 saturated heterocycles. The van der Waals surface area contributed by atoms with E-state index < -0.39 is 0 Å². The predicted octanol–water partition coefficient (Wildman–Crippen LogP) is 4.77. The van der Waals surface area contributed by atoms with Crippen molar-refractivity contribution in [1.29, 1.82) is 0 Å². The van der Waals surface area contributed by atoms with Gasteiger partial charge in [0, 0.05) is 29.7 Å². The molecule has 0 spiro atoms. The minimum atomic E-state index is -0.213. The van der Waals surface area contributed by atoms with Gasteiger partial charge in [-0.1, -0.05) is 64.5 Å². The molecule has 0 fully saturated rings. The van der Waals surface area contributed by atoms with Crippen LogP contribution in [-0.4, -0.2) is 23.6 Å². The number of fused-ring (bicyclic) bond motifs is 1. The molecule has 4 nitrogen and oxygen atoms in total. The molecule has 4 rings (SSSR count). The third-order valence-corrected chi connectivity index (χ3v) is 5.55. The number of amides is 1. The molecule has 0 radical (unpaired) electrons. The zero-order valence-corrected chi connectivity index (χ0v) is 17.6. The van der Waals surface area contributed by atoms with Gasteiger partial charge in [-0.3, -0.25) is 9.69 Å². The third-order valence-electron chi connectivity index (χ3n) is 5.06. The maximum absolute atomic E-state index is 12.3. The quantitative estimate of drug-likeness (QED) is 0.452. The number of halogens is 1. The maximum atomic E-state index is 12.3. The molecular formula is C24H22BrN3O. The smallest absolute Gasteiger partial charge is 0.271 e. The summed E-state index contributed by atoms with van der Waals surface area (Å²) in [6.45, 7) is 2.92. The first-order chi connectivity index (χ1) is 14.2. The molecule has 1 N–H and O–H groups in total. The van der Waals surface area contributed by atoms with Crippen LogP contribution in [-0.2, 0) is 19.5 Å². The Bertz CT molecular complexity index is 1030. The van der Waals surface area contributed by atoms with Crippen molar-refractivity contribution in [1.82, 2.24) is 10.3 Å². The van der Waals surface area contributed by atoms with Gasteiger partial charge in [-0.2, -0.15) is 5.10 Å². The zero-order valence-electron chi connectivity index (χ0n) is 16.0. The molecular weight excluding hydrogens is 426 g/mol. The second-order valence-corrected chi connectivity index (χ2v) is 8.10. The number of nitrogens with zero attached hydrogens (tertiary/aromatic N) is 2. The zero-order chi connectivity index (χ0) is 20.1. The van der Waals surface area contributed by atoms with E-state index in [1.807, 2.05) is 48.5 Å². The number of hydrogen-bond acceptors (Lipinski definition) is 3. The van der Waals surface area contributed by atoms with Crippen LogP contribution in [0.25, 0.3) is 0 Å². The summed E-state index contributed by atoms with van der Waals surface area (Å²) in [5, 5.41) is 4.04. The average Bonchev–Trinajstić information content (AvgIpc) is 2.74. The van der Waals surface area contributed by atoms with Gasteiger partial charge >= 0.3 is 0 Å². The highest BCUT2D eigenvalue weighted by atomic mass is 79.9. The number of benzene rings is 3. The Morgan fingerprint density at radius 3 is 2.62 bits per heavy atom. The molecule has 1 aliphatic heterocycles. The number of rotatable bonds is 5. The molecule has 0 aliphatic carbocycles. The third kappa shape index (κ3) is 5.19. The molecule has 146 valence electrons. The van der Waals surface area contributed by atoms with Crippen molar-refractivity contribution in [2.75, 3.05) is 6.54 Å². The first-order valence-corrected chi connectivity index (χ1v) is 10.4. The second kappa shape index (κ2) is 9.16. The Morgan fingerprint density at radius 1 is 1.03 bits per heavy atom.